The van der Waals surface area contributed by atoms with Crippen molar-refractivity contribution < 1.29 is 9.53 Å². The first-order valence-corrected chi connectivity index (χ1v) is 3.80. The predicted octanol–water partition coefficient (Wildman–Crippen LogP) is 1.22. The van der Waals surface area contributed by atoms with Crippen LogP contribution in [0.3, 0.4) is 0 Å². The lowest BCUT2D eigenvalue weighted by molar-refractivity contribution is -0.107. The van der Waals surface area contributed by atoms with Crippen LogP contribution < -0.4 is 4.74 Å². The summed E-state index contributed by atoms with van der Waals surface area (Å²) >= 11 is 0. The molecule has 0 spiro atoms. The van der Waals surface area contributed by atoms with E-state index in [1.807, 2.05) is 12.1 Å². The predicted molar refractivity (Wildman–Crippen MR) is 45.2 cm³/mol. The summed E-state index contributed by atoms with van der Waals surface area (Å²) in [6, 6.07) is 3.75. The SMILES string of the molecule is COc1ncccc1CCC=O. The average molecular weight is 165 g/mol. The van der Waals surface area contributed by atoms with Gasteiger partial charge in [0.25, 0.3) is 0 Å². The number of carbonyl (C=O) groups is 1. The number of aryl methyl sites for hydroxylation is 1. The monoisotopic (exact) mass is 165 g/mol. The molecule has 0 saturated heterocycles. The molecule has 0 bridgehead atoms. The minimum Gasteiger partial charge on any atom is -0.481 e. The van der Waals surface area contributed by atoms with Crippen molar-refractivity contribution in [1.29, 1.82) is 0 Å². The van der Waals surface area contributed by atoms with Crippen molar-refractivity contribution in [2.75, 3.05) is 7.11 Å². The van der Waals surface area contributed by atoms with Gasteiger partial charge in [-0.2, -0.15) is 0 Å². The number of pyridine rings is 1. The minimum absolute atomic E-state index is 0.516. The first kappa shape index (κ1) is 8.71. The number of methoxy groups -OCH3 is 1. The summed E-state index contributed by atoms with van der Waals surface area (Å²) in [6.45, 7) is 0. The Bertz CT molecular complexity index is 260. The second-order valence-electron chi connectivity index (χ2n) is 2.38. The Morgan fingerprint density at radius 2 is 2.50 bits per heavy atom. The third-order valence-electron chi connectivity index (χ3n) is 1.57. The second kappa shape index (κ2) is 4.49. The molecule has 12 heavy (non-hydrogen) atoms. The van der Waals surface area contributed by atoms with Gasteiger partial charge in [0.15, 0.2) is 0 Å². The molecule has 0 unspecified atom stereocenters. The Morgan fingerprint density at radius 1 is 1.67 bits per heavy atom. The smallest absolute Gasteiger partial charge is 0.216 e. The Labute approximate surface area is 71.4 Å². The molecule has 3 heteroatoms. The highest BCUT2D eigenvalue weighted by molar-refractivity contribution is 5.50. The number of hydrogen-bond acceptors (Lipinski definition) is 3. The standard InChI is InChI=1S/C9H11NO2/c1-12-9-8(5-3-7-11)4-2-6-10-9/h2,4,6-7H,3,5H2,1H3. The van der Waals surface area contributed by atoms with E-state index in [0.29, 0.717) is 18.7 Å². The van der Waals surface area contributed by atoms with Gasteiger partial charge in [-0.1, -0.05) is 6.07 Å². The molecule has 0 aliphatic carbocycles. The average Bonchev–Trinajstić information content (AvgIpc) is 2.15. The molecule has 0 N–H and O–H groups in total. The summed E-state index contributed by atoms with van der Waals surface area (Å²) in [4.78, 5) is 14.1. The molecule has 0 aliphatic rings. The van der Waals surface area contributed by atoms with Gasteiger partial charge in [0.2, 0.25) is 5.88 Å². The van der Waals surface area contributed by atoms with Crippen LogP contribution in [0.25, 0.3) is 0 Å². The van der Waals surface area contributed by atoms with Gasteiger partial charge in [0.1, 0.15) is 6.29 Å². The van der Waals surface area contributed by atoms with E-state index in [-0.39, 0.29) is 0 Å². The molecule has 0 fully saturated rings. The first-order valence-electron chi connectivity index (χ1n) is 3.80. The van der Waals surface area contributed by atoms with Crippen molar-refractivity contribution in [3.63, 3.8) is 0 Å². The van der Waals surface area contributed by atoms with Crippen LogP contribution in [-0.4, -0.2) is 18.4 Å². The summed E-state index contributed by atoms with van der Waals surface area (Å²) in [6.07, 6.45) is 3.78. The van der Waals surface area contributed by atoms with Crippen LogP contribution in [0.2, 0.25) is 0 Å². The summed E-state index contributed by atoms with van der Waals surface area (Å²) in [5.41, 5.74) is 0.979. The van der Waals surface area contributed by atoms with Gasteiger partial charge in [-0.15, -0.1) is 0 Å². The number of ether oxygens (including phenoxy) is 1. The highest BCUT2D eigenvalue weighted by Gasteiger charge is 2.01. The van der Waals surface area contributed by atoms with E-state index in [4.69, 9.17) is 4.74 Å². The summed E-state index contributed by atoms with van der Waals surface area (Å²) in [7, 11) is 1.58. The Kier molecular flexibility index (Phi) is 3.26. The van der Waals surface area contributed by atoms with Crippen LogP contribution in [0.1, 0.15) is 12.0 Å². The summed E-state index contributed by atoms with van der Waals surface area (Å²) < 4.78 is 5.02. The molecule has 0 radical (unpaired) electrons. The Balaban J connectivity index is 2.74. The number of carbonyl (C=O) groups excluding carboxylic acids is 1. The van der Waals surface area contributed by atoms with Gasteiger partial charge in [-0.25, -0.2) is 4.98 Å². The maximum absolute atomic E-state index is 10.1. The Morgan fingerprint density at radius 3 is 3.17 bits per heavy atom. The number of nitrogens with zero attached hydrogens (tertiary/aromatic N) is 1. The number of rotatable bonds is 4. The zero-order valence-electron chi connectivity index (χ0n) is 6.99. The maximum atomic E-state index is 10.1. The molecular weight excluding hydrogens is 154 g/mol. The van der Waals surface area contributed by atoms with Gasteiger partial charge in [-0.05, 0) is 12.5 Å². The minimum atomic E-state index is 0.516. The van der Waals surface area contributed by atoms with Crippen LogP contribution in [-0.2, 0) is 11.2 Å². The van der Waals surface area contributed by atoms with Gasteiger partial charge >= 0.3 is 0 Å². The lowest BCUT2D eigenvalue weighted by atomic mass is 10.1. The largest absolute Gasteiger partial charge is 0.481 e. The Hall–Kier alpha value is -1.38. The van der Waals surface area contributed by atoms with Crippen LogP contribution in [0.15, 0.2) is 18.3 Å². The molecule has 1 rings (SSSR count). The lowest BCUT2D eigenvalue weighted by Crippen LogP contribution is -1.94. The van der Waals surface area contributed by atoms with Crippen molar-refractivity contribution in [2.45, 2.75) is 12.8 Å². The lowest BCUT2D eigenvalue weighted by Gasteiger charge is -2.03. The highest BCUT2D eigenvalue weighted by Crippen LogP contribution is 2.14. The molecule has 0 aromatic carbocycles. The molecule has 1 aromatic heterocycles. The molecule has 0 saturated carbocycles. The first-order chi connectivity index (χ1) is 5.88. The number of hydrogen-bond donors (Lipinski definition) is 0. The van der Waals surface area contributed by atoms with Crippen LogP contribution in [0.5, 0.6) is 5.88 Å². The van der Waals surface area contributed by atoms with E-state index >= 15 is 0 Å². The summed E-state index contributed by atoms with van der Waals surface area (Å²) in [5, 5.41) is 0. The van der Waals surface area contributed by atoms with E-state index in [2.05, 4.69) is 4.98 Å². The highest BCUT2D eigenvalue weighted by atomic mass is 16.5. The van der Waals surface area contributed by atoms with E-state index in [1.54, 1.807) is 13.3 Å². The summed E-state index contributed by atoms with van der Waals surface area (Å²) in [5.74, 6) is 0.611. The fourth-order valence-corrected chi connectivity index (χ4v) is 1.01. The molecule has 1 aromatic rings. The van der Waals surface area contributed by atoms with E-state index in [9.17, 15) is 4.79 Å². The van der Waals surface area contributed by atoms with Crippen molar-refractivity contribution in [3.05, 3.63) is 23.9 Å². The third-order valence-corrected chi connectivity index (χ3v) is 1.57. The fraction of sp³-hybridized carbons (Fsp3) is 0.333. The molecule has 1 heterocycles. The van der Waals surface area contributed by atoms with Gasteiger partial charge in [0, 0.05) is 18.2 Å². The van der Waals surface area contributed by atoms with Crippen LogP contribution in [0.4, 0.5) is 0 Å². The third kappa shape index (κ3) is 2.05. The topological polar surface area (TPSA) is 39.2 Å². The molecule has 3 nitrogen and oxygen atoms in total. The number of aldehydes is 1. The van der Waals surface area contributed by atoms with Gasteiger partial charge in [-0.3, -0.25) is 0 Å². The second-order valence-corrected chi connectivity index (χ2v) is 2.38. The molecular formula is C9H11NO2. The molecule has 0 atom stereocenters. The van der Waals surface area contributed by atoms with E-state index < -0.39 is 0 Å². The van der Waals surface area contributed by atoms with Crippen molar-refractivity contribution >= 4 is 6.29 Å². The zero-order valence-corrected chi connectivity index (χ0v) is 6.99. The van der Waals surface area contributed by atoms with E-state index in [0.717, 1.165) is 11.8 Å². The van der Waals surface area contributed by atoms with Gasteiger partial charge in [0.05, 0.1) is 7.11 Å². The number of aromatic nitrogens is 1. The molecule has 0 aliphatic heterocycles. The zero-order chi connectivity index (χ0) is 8.81. The van der Waals surface area contributed by atoms with Crippen molar-refractivity contribution in [2.24, 2.45) is 0 Å². The fourth-order valence-electron chi connectivity index (χ4n) is 1.01. The molecule has 0 amide bonds. The van der Waals surface area contributed by atoms with Crippen molar-refractivity contribution in [3.8, 4) is 5.88 Å². The van der Waals surface area contributed by atoms with Crippen molar-refractivity contribution in [1.82, 2.24) is 4.98 Å². The maximum Gasteiger partial charge on any atom is 0.216 e. The van der Waals surface area contributed by atoms with E-state index in [1.165, 1.54) is 0 Å². The van der Waals surface area contributed by atoms with Crippen LogP contribution in [0, 0.1) is 0 Å². The molecule has 64 valence electrons. The quantitative estimate of drug-likeness (QED) is 0.630. The van der Waals surface area contributed by atoms with Crippen LogP contribution >= 0.6 is 0 Å². The normalized spacial score (nSPS) is 9.42. The van der Waals surface area contributed by atoms with Gasteiger partial charge < -0.3 is 9.53 Å².